The van der Waals surface area contributed by atoms with Gasteiger partial charge < -0.3 is 14.9 Å². The van der Waals surface area contributed by atoms with Crippen molar-refractivity contribution in [3.63, 3.8) is 0 Å². The zero-order valence-electron chi connectivity index (χ0n) is 6.01. The standard InChI is InChI=1S/C6H11NO4/c8-4-1-2-11-5(3-7-10)6(4)9/h4-6,8-9H,1-3H2. The molecule has 64 valence electrons. The Hall–Kier alpha value is -0.520. The molecule has 5 heteroatoms. The Kier molecular flexibility index (Phi) is 2.92. The minimum Gasteiger partial charge on any atom is -0.390 e. The van der Waals surface area contributed by atoms with Crippen LogP contribution in [0.1, 0.15) is 6.42 Å². The minimum atomic E-state index is -0.971. The highest BCUT2D eigenvalue weighted by Crippen LogP contribution is 2.14. The van der Waals surface area contributed by atoms with Gasteiger partial charge in [-0.25, -0.2) is 0 Å². The van der Waals surface area contributed by atoms with Gasteiger partial charge in [0, 0.05) is 6.61 Å². The van der Waals surface area contributed by atoms with Crippen LogP contribution in [-0.2, 0) is 4.74 Å². The molecule has 1 heterocycles. The summed E-state index contributed by atoms with van der Waals surface area (Å²) in [5.74, 6) is 0. The lowest BCUT2D eigenvalue weighted by atomic mass is 10.0. The molecule has 1 saturated heterocycles. The number of aliphatic hydroxyl groups is 2. The lowest BCUT2D eigenvalue weighted by Gasteiger charge is -2.30. The molecule has 0 aromatic heterocycles. The third kappa shape index (κ3) is 1.95. The van der Waals surface area contributed by atoms with Crippen molar-refractivity contribution in [2.75, 3.05) is 13.2 Å². The van der Waals surface area contributed by atoms with Gasteiger partial charge in [0.2, 0.25) is 0 Å². The molecule has 0 aromatic rings. The average molecular weight is 161 g/mol. The van der Waals surface area contributed by atoms with Gasteiger partial charge in [0.15, 0.2) is 0 Å². The first kappa shape index (κ1) is 8.58. The molecule has 0 amide bonds. The molecule has 1 fully saturated rings. The third-order valence-corrected chi connectivity index (χ3v) is 1.78. The molecule has 11 heavy (non-hydrogen) atoms. The largest absolute Gasteiger partial charge is 0.390 e. The summed E-state index contributed by atoms with van der Waals surface area (Å²) in [4.78, 5) is 9.80. The van der Waals surface area contributed by atoms with Crippen LogP contribution in [0.3, 0.4) is 0 Å². The molecule has 1 rings (SSSR count). The van der Waals surface area contributed by atoms with Gasteiger partial charge in [0.1, 0.15) is 18.8 Å². The molecular formula is C6H11NO4. The minimum absolute atomic E-state index is 0.0990. The quantitative estimate of drug-likeness (QED) is 0.523. The Morgan fingerprint density at radius 1 is 1.55 bits per heavy atom. The second kappa shape index (κ2) is 3.75. The Morgan fingerprint density at radius 2 is 2.27 bits per heavy atom. The van der Waals surface area contributed by atoms with E-state index in [1.807, 2.05) is 0 Å². The van der Waals surface area contributed by atoms with E-state index in [1.54, 1.807) is 0 Å². The van der Waals surface area contributed by atoms with Crippen LogP contribution in [0.4, 0.5) is 0 Å². The van der Waals surface area contributed by atoms with Crippen LogP contribution in [0.15, 0.2) is 5.18 Å². The molecule has 0 aromatic carbocycles. The van der Waals surface area contributed by atoms with Crippen LogP contribution < -0.4 is 0 Å². The molecule has 0 saturated carbocycles. The predicted molar refractivity (Wildman–Crippen MR) is 37.0 cm³/mol. The van der Waals surface area contributed by atoms with Crippen molar-refractivity contribution in [1.82, 2.24) is 0 Å². The van der Waals surface area contributed by atoms with Crippen molar-refractivity contribution >= 4 is 0 Å². The predicted octanol–water partition coefficient (Wildman–Crippen LogP) is -0.737. The van der Waals surface area contributed by atoms with E-state index in [-0.39, 0.29) is 6.54 Å². The van der Waals surface area contributed by atoms with E-state index in [0.29, 0.717) is 13.0 Å². The first-order valence-corrected chi connectivity index (χ1v) is 3.52. The highest BCUT2D eigenvalue weighted by molar-refractivity contribution is 4.81. The van der Waals surface area contributed by atoms with Crippen molar-refractivity contribution in [2.24, 2.45) is 5.18 Å². The SMILES string of the molecule is O=NCC1OCCC(O)C1O. The van der Waals surface area contributed by atoms with Gasteiger partial charge in [-0.1, -0.05) is 5.18 Å². The number of nitroso groups, excluding NO2 is 1. The van der Waals surface area contributed by atoms with Gasteiger partial charge in [0.05, 0.1) is 6.10 Å². The van der Waals surface area contributed by atoms with E-state index in [0.717, 1.165) is 0 Å². The second-order valence-corrected chi connectivity index (χ2v) is 2.57. The van der Waals surface area contributed by atoms with Gasteiger partial charge in [-0.15, -0.1) is 0 Å². The fraction of sp³-hybridized carbons (Fsp3) is 1.00. The Balaban J connectivity index is 2.43. The van der Waals surface area contributed by atoms with E-state index >= 15 is 0 Å². The van der Waals surface area contributed by atoms with Crippen LogP contribution >= 0.6 is 0 Å². The Bertz CT molecular complexity index is 141. The van der Waals surface area contributed by atoms with E-state index < -0.39 is 18.3 Å². The summed E-state index contributed by atoms with van der Waals surface area (Å²) in [7, 11) is 0. The summed E-state index contributed by atoms with van der Waals surface area (Å²) < 4.78 is 5.00. The fourth-order valence-corrected chi connectivity index (χ4v) is 1.09. The molecular weight excluding hydrogens is 150 g/mol. The molecule has 5 nitrogen and oxygen atoms in total. The maximum atomic E-state index is 9.80. The maximum absolute atomic E-state index is 9.80. The van der Waals surface area contributed by atoms with Crippen molar-refractivity contribution in [3.8, 4) is 0 Å². The third-order valence-electron chi connectivity index (χ3n) is 1.78. The summed E-state index contributed by atoms with van der Waals surface area (Å²) in [5.41, 5.74) is 0. The summed E-state index contributed by atoms with van der Waals surface area (Å²) in [6.45, 7) is 0.274. The average Bonchev–Trinajstić information content (AvgIpc) is 1.99. The van der Waals surface area contributed by atoms with E-state index in [4.69, 9.17) is 9.84 Å². The van der Waals surface area contributed by atoms with Crippen LogP contribution in [0.2, 0.25) is 0 Å². The van der Waals surface area contributed by atoms with Crippen LogP contribution in [-0.4, -0.2) is 41.7 Å². The van der Waals surface area contributed by atoms with Gasteiger partial charge in [-0.3, -0.25) is 0 Å². The highest BCUT2D eigenvalue weighted by atomic mass is 16.5. The van der Waals surface area contributed by atoms with Gasteiger partial charge in [0.25, 0.3) is 0 Å². The molecule has 3 atom stereocenters. The molecule has 1 aliphatic rings. The first-order valence-electron chi connectivity index (χ1n) is 3.52. The number of rotatable bonds is 2. The van der Waals surface area contributed by atoms with Crippen LogP contribution in [0.25, 0.3) is 0 Å². The lowest BCUT2D eigenvalue weighted by molar-refractivity contribution is -0.130. The summed E-state index contributed by atoms with van der Waals surface area (Å²) in [6.07, 6.45) is -1.97. The van der Waals surface area contributed by atoms with E-state index in [2.05, 4.69) is 5.18 Å². The van der Waals surface area contributed by atoms with Gasteiger partial charge in [-0.2, -0.15) is 4.91 Å². The maximum Gasteiger partial charge on any atom is 0.110 e. The Morgan fingerprint density at radius 3 is 2.91 bits per heavy atom. The Labute approximate surface area is 64.0 Å². The monoisotopic (exact) mass is 161 g/mol. The molecule has 1 aliphatic heterocycles. The number of hydrogen-bond acceptors (Lipinski definition) is 5. The molecule has 2 N–H and O–H groups in total. The van der Waals surface area contributed by atoms with Crippen LogP contribution in [0, 0.1) is 4.91 Å². The zero-order chi connectivity index (χ0) is 8.27. The number of nitrogens with zero attached hydrogens (tertiary/aromatic N) is 1. The molecule has 0 spiro atoms. The van der Waals surface area contributed by atoms with E-state index in [1.165, 1.54) is 0 Å². The topological polar surface area (TPSA) is 79.1 Å². The van der Waals surface area contributed by atoms with Crippen molar-refractivity contribution < 1.29 is 14.9 Å². The van der Waals surface area contributed by atoms with Gasteiger partial charge >= 0.3 is 0 Å². The lowest BCUT2D eigenvalue weighted by Crippen LogP contribution is -2.45. The number of aliphatic hydroxyl groups excluding tert-OH is 2. The first-order chi connectivity index (χ1) is 5.25. The van der Waals surface area contributed by atoms with E-state index in [9.17, 15) is 10.0 Å². The molecule has 0 radical (unpaired) electrons. The highest BCUT2D eigenvalue weighted by Gasteiger charge is 2.31. The normalized spacial score (nSPS) is 38.5. The van der Waals surface area contributed by atoms with Crippen LogP contribution in [0.5, 0.6) is 0 Å². The van der Waals surface area contributed by atoms with Crippen molar-refractivity contribution in [1.29, 1.82) is 0 Å². The second-order valence-electron chi connectivity index (χ2n) is 2.57. The number of hydrogen-bond donors (Lipinski definition) is 2. The number of ether oxygens (including phenoxy) is 1. The fourth-order valence-electron chi connectivity index (χ4n) is 1.09. The van der Waals surface area contributed by atoms with Crippen molar-refractivity contribution in [3.05, 3.63) is 4.91 Å². The smallest absolute Gasteiger partial charge is 0.110 e. The molecule has 0 aliphatic carbocycles. The summed E-state index contributed by atoms with van der Waals surface area (Å²) in [6, 6.07) is 0. The summed E-state index contributed by atoms with van der Waals surface area (Å²) in [5, 5.41) is 20.9. The van der Waals surface area contributed by atoms with Gasteiger partial charge in [-0.05, 0) is 6.42 Å². The summed E-state index contributed by atoms with van der Waals surface area (Å²) >= 11 is 0. The molecule has 3 unspecified atom stereocenters. The van der Waals surface area contributed by atoms with Crippen molar-refractivity contribution in [2.45, 2.75) is 24.7 Å². The molecule has 0 bridgehead atoms. The zero-order valence-corrected chi connectivity index (χ0v) is 6.01.